The number of esters is 1. The predicted molar refractivity (Wildman–Crippen MR) is 88.1 cm³/mol. The molecule has 0 saturated heterocycles. The van der Waals surface area contributed by atoms with Crippen molar-refractivity contribution in [3.05, 3.63) is 51.9 Å². The van der Waals surface area contributed by atoms with Crippen molar-refractivity contribution in [3.63, 3.8) is 0 Å². The van der Waals surface area contributed by atoms with Crippen LogP contribution >= 0.6 is 11.6 Å². The van der Waals surface area contributed by atoms with E-state index in [0.29, 0.717) is 10.6 Å². The minimum atomic E-state index is -0.540. The first-order valence-electron chi connectivity index (χ1n) is 7.20. The standard InChI is InChI=1S/C17H17ClO5/c1-3-5-11-7-16(19)23-14-9-15(13(18)8-12(11)14)22-10-17(20)21-6-4-2/h4,7-9H,2-3,5-6,10H2,1H3. The van der Waals surface area contributed by atoms with Crippen LogP contribution in [-0.4, -0.2) is 19.2 Å². The number of fused-ring (bicyclic) bond motifs is 1. The van der Waals surface area contributed by atoms with Gasteiger partial charge >= 0.3 is 11.6 Å². The van der Waals surface area contributed by atoms with E-state index in [1.807, 2.05) is 6.92 Å². The highest BCUT2D eigenvalue weighted by Crippen LogP contribution is 2.31. The highest BCUT2D eigenvalue weighted by atomic mass is 35.5. The molecule has 0 saturated carbocycles. The van der Waals surface area contributed by atoms with Gasteiger partial charge in [-0.3, -0.25) is 0 Å². The number of benzene rings is 1. The number of hydrogen-bond acceptors (Lipinski definition) is 5. The number of rotatable bonds is 7. The van der Waals surface area contributed by atoms with Gasteiger partial charge in [0, 0.05) is 17.5 Å². The van der Waals surface area contributed by atoms with Crippen molar-refractivity contribution in [2.24, 2.45) is 0 Å². The Morgan fingerprint density at radius 2 is 2.17 bits per heavy atom. The van der Waals surface area contributed by atoms with Crippen LogP contribution in [0.15, 0.2) is 40.1 Å². The number of ether oxygens (including phenoxy) is 2. The Morgan fingerprint density at radius 3 is 2.87 bits per heavy atom. The summed E-state index contributed by atoms with van der Waals surface area (Å²) in [5.74, 6) is -0.284. The molecule has 0 spiro atoms. The SMILES string of the molecule is C=CCOC(=O)COc1cc2oc(=O)cc(CCC)c2cc1Cl. The van der Waals surface area contributed by atoms with Crippen molar-refractivity contribution in [3.8, 4) is 5.75 Å². The molecule has 0 aliphatic rings. The van der Waals surface area contributed by atoms with E-state index in [2.05, 4.69) is 6.58 Å². The smallest absolute Gasteiger partial charge is 0.344 e. The van der Waals surface area contributed by atoms with Crippen molar-refractivity contribution in [1.29, 1.82) is 0 Å². The average Bonchev–Trinajstić information content (AvgIpc) is 2.52. The predicted octanol–water partition coefficient (Wildman–Crippen LogP) is 3.51. The van der Waals surface area contributed by atoms with Gasteiger partial charge in [-0.05, 0) is 18.1 Å². The summed E-state index contributed by atoms with van der Waals surface area (Å²) in [5, 5.41) is 1.10. The van der Waals surface area contributed by atoms with Crippen LogP contribution in [0.1, 0.15) is 18.9 Å². The molecule has 0 atom stereocenters. The molecule has 0 aliphatic carbocycles. The van der Waals surface area contributed by atoms with Crippen LogP contribution in [0.5, 0.6) is 5.75 Å². The zero-order valence-corrected chi connectivity index (χ0v) is 13.5. The molecule has 0 radical (unpaired) electrons. The maximum Gasteiger partial charge on any atom is 0.344 e. The van der Waals surface area contributed by atoms with Crippen molar-refractivity contribution in [2.45, 2.75) is 19.8 Å². The van der Waals surface area contributed by atoms with Crippen LogP contribution in [0.4, 0.5) is 0 Å². The van der Waals surface area contributed by atoms with Crippen LogP contribution in [0.2, 0.25) is 5.02 Å². The number of carbonyl (C=O) groups is 1. The van der Waals surface area contributed by atoms with Crippen molar-refractivity contribution >= 4 is 28.5 Å². The molecule has 1 heterocycles. The largest absolute Gasteiger partial charge is 0.480 e. The molecule has 0 bridgehead atoms. The lowest BCUT2D eigenvalue weighted by molar-refractivity contribution is -0.144. The molecule has 122 valence electrons. The van der Waals surface area contributed by atoms with Gasteiger partial charge in [0.1, 0.15) is 17.9 Å². The topological polar surface area (TPSA) is 65.7 Å². The molecule has 0 N–H and O–H groups in total. The molecule has 0 amide bonds. The Hall–Kier alpha value is -2.27. The summed E-state index contributed by atoms with van der Waals surface area (Å²) in [6.07, 6.45) is 3.10. The molecule has 0 fully saturated rings. The first-order valence-corrected chi connectivity index (χ1v) is 7.58. The highest BCUT2D eigenvalue weighted by Gasteiger charge is 2.12. The summed E-state index contributed by atoms with van der Waals surface area (Å²) in [5.41, 5.74) is 0.817. The number of aryl methyl sites for hydroxylation is 1. The Bertz CT molecular complexity index is 778. The second kappa shape index (κ2) is 7.83. The fraction of sp³-hybridized carbons (Fsp3) is 0.294. The van der Waals surface area contributed by atoms with E-state index in [1.165, 1.54) is 18.2 Å². The van der Waals surface area contributed by atoms with E-state index in [0.717, 1.165) is 23.8 Å². The molecule has 1 aromatic heterocycles. The van der Waals surface area contributed by atoms with Gasteiger partial charge < -0.3 is 13.9 Å². The highest BCUT2D eigenvalue weighted by molar-refractivity contribution is 6.32. The molecule has 0 unspecified atom stereocenters. The van der Waals surface area contributed by atoms with Gasteiger partial charge in [-0.15, -0.1) is 0 Å². The second-order valence-corrected chi connectivity index (χ2v) is 5.29. The maximum absolute atomic E-state index is 11.6. The van der Waals surface area contributed by atoms with Gasteiger partial charge in [-0.2, -0.15) is 0 Å². The third-order valence-corrected chi connectivity index (χ3v) is 3.41. The van der Waals surface area contributed by atoms with Crippen LogP contribution in [0.3, 0.4) is 0 Å². The lowest BCUT2D eigenvalue weighted by atomic mass is 10.1. The summed E-state index contributed by atoms with van der Waals surface area (Å²) in [4.78, 5) is 23.1. The van der Waals surface area contributed by atoms with Crippen molar-refractivity contribution in [2.75, 3.05) is 13.2 Å². The van der Waals surface area contributed by atoms with Gasteiger partial charge in [0.2, 0.25) is 0 Å². The molecular weight excluding hydrogens is 320 g/mol. The van der Waals surface area contributed by atoms with Gasteiger partial charge in [0.25, 0.3) is 0 Å². The fourth-order valence-corrected chi connectivity index (χ4v) is 2.36. The molecule has 6 heteroatoms. The Labute approximate surface area is 138 Å². The monoisotopic (exact) mass is 336 g/mol. The van der Waals surface area contributed by atoms with Crippen LogP contribution in [0.25, 0.3) is 11.0 Å². The Balaban J connectivity index is 2.28. The minimum Gasteiger partial charge on any atom is -0.480 e. The molecule has 5 nitrogen and oxygen atoms in total. The second-order valence-electron chi connectivity index (χ2n) is 4.88. The molecule has 23 heavy (non-hydrogen) atoms. The van der Waals surface area contributed by atoms with E-state index >= 15 is 0 Å². The molecule has 2 aromatic rings. The molecular formula is C17H17ClO5. The first kappa shape index (κ1) is 17.1. The number of carbonyl (C=O) groups excluding carboxylic acids is 1. The zero-order valence-electron chi connectivity index (χ0n) is 12.8. The maximum atomic E-state index is 11.6. The van der Waals surface area contributed by atoms with Gasteiger partial charge in [-0.25, -0.2) is 9.59 Å². The Morgan fingerprint density at radius 1 is 1.39 bits per heavy atom. The van der Waals surface area contributed by atoms with Crippen LogP contribution < -0.4 is 10.4 Å². The van der Waals surface area contributed by atoms with Gasteiger partial charge in [0.15, 0.2) is 6.61 Å². The van der Waals surface area contributed by atoms with Crippen molar-refractivity contribution in [1.82, 2.24) is 0 Å². The van der Waals surface area contributed by atoms with Crippen molar-refractivity contribution < 1.29 is 18.7 Å². The quantitative estimate of drug-likeness (QED) is 0.440. The summed E-state index contributed by atoms with van der Waals surface area (Å²) in [6, 6.07) is 4.66. The van der Waals surface area contributed by atoms with E-state index < -0.39 is 11.6 Å². The third kappa shape index (κ3) is 4.36. The van der Waals surface area contributed by atoms with E-state index in [4.69, 9.17) is 25.5 Å². The van der Waals surface area contributed by atoms with E-state index in [1.54, 1.807) is 6.07 Å². The van der Waals surface area contributed by atoms with Gasteiger partial charge in [-0.1, -0.05) is 37.6 Å². The normalized spacial score (nSPS) is 10.5. The van der Waals surface area contributed by atoms with Crippen LogP contribution in [-0.2, 0) is 16.0 Å². The van der Waals surface area contributed by atoms with E-state index in [-0.39, 0.29) is 19.0 Å². The summed E-state index contributed by atoms with van der Waals surface area (Å²) in [7, 11) is 0. The van der Waals surface area contributed by atoms with E-state index in [9.17, 15) is 9.59 Å². The molecule has 1 aromatic carbocycles. The molecule has 0 aliphatic heterocycles. The molecule has 2 rings (SSSR count). The number of halogens is 1. The average molecular weight is 337 g/mol. The third-order valence-electron chi connectivity index (χ3n) is 3.11. The summed E-state index contributed by atoms with van der Waals surface area (Å²) in [6.45, 7) is 5.29. The summed E-state index contributed by atoms with van der Waals surface area (Å²) < 4.78 is 15.3. The van der Waals surface area contributed by atoms with Gasteiger partial charge in [0.05, 0.1) is 5.02 Å². The summed E-state index contributed by atoms with van der Waals surface area (Å²) >= 11 is 6.19. The Kier molecular flexibility index (Phi) is 5.82. The van der Waals surface area contributed by atoms with Crippen LogP contribution in [0, 0.1) is 0 Å². The fourth-order valence-electron chi connectivity index (χ4n) is 2.14. The first-order chi connectivity index (χ1) is 11.0. The minimum absolute atomic E-state index is 0.114. The zero-order chi connectivity index (χ0) is 16.8. The lowest BCUT2D eigenvalue weighted by Crippen LogP contribution is -2.15. The number of hydrogen-bond donors (Lipinski definition) is 0. The lowest BCUT2D eigenvalue weighted by Gasteiger charge is -2.10.